The Morgan fingerprint density at radius 3 is 2.63 bits per heavy atom. The van der Waals surface area contributed by atoms with Crippen molar-refractivity contribution >= 4 is 23.5 Å². The minimum atomic E-state index is -0.465. The molecule has 0 aliphatic heterocycles. The fourth-order valence-corrected chi connectivity index (χ4v) is 2.53. The summed E-state index contributed by atoms with van der Waals surface area (Å²) in [5.41, 5.74) is 1.53. The van der Waals surface area contributed by atoms with Crippen LogP contribution in [0.3, 0.4) is 0 Å². The van der Waals surface area contributed by atoms with Gasteiger partial charge in [0.1, 0.15) is 5.75 Å². The highest BCUT2D eigenvalue weighted by molar-refractivity contribution is 6.34. The van der Waals surface area contributed by atoms with Crippen LogP contribution in [0.2, 0.25) is 0 Å². The summed E-state index contributed by atoms with van der Waals surface area (Å²) in [6.45, 7) is -0.0165. The molecule has 102 valence electrons. The molecule has 0 saturated heterocycles. The van der Waals surface area contributed by atoms with Gasteiger partial charge in [-0.2, -0.15) is 0 Å². The van der Waals surface area contributed by atoms with Crippen molar-refractivity contribution < 1.29 is 14.6 Å². The molecular formula is C15H17ClO3. The molecule has 19 heavy (non-hydrogen) atoms. The Hall–Kier alpha value is -1.32. The van der Waals surface area contributed by atoms with Gasteiger partial charge in [0.25, 0.3) is 0 Å². The van der Waals surface area contributed by atoms with E-state index in [0.717, 1.165) is 17.7 Å². The summed E-state index contributed by atoms with van der Waals surface area (Å²) >= 11 is 6.01. The van der Waals surface area contributed by atoms with Crippen LogP contribution >= 0.6 is 11.6 Å². The number of Topliss-reactive ketones (excluding diaryl/α,β-unsaturated/α-hetero) is 1. The highest BCUT2D eigenvalue weighted by Gasteiger charge is 2.31. The maximum absolute atomic E-state index is 12.1. The lowest BCUT2D eigenvalue weighted by Crippen LogP contribution is -2.30. The van der Waals surface area contributed by atoms with E-state index in [1.54, 1.807) is 7.11 Å². The number of alkyl halides is 1. The van der Waals surface area contributed by atoms with Crippen LogP contribution < -0.4 is 4.74 Å². The Morgan fingerprint density at radius 2 is 2.05 bits per heavy atom. The molecule has 3 nitrogen and oxygen atoms in total. The van der Waals surface area contributed by atoms with Crippen molar-refractivity contribution in [1.82, 2.24) is 0 Å². The summed E-state index contributed by atoms with van der Waals surface area (Å²) in [5.74, 6) is 0.596. The second-order valence-corrected chi connectivity index (χ2v) is 5.19. The van der Waals surface area contributed by atoms with E-state index in [4.69, 9.17) is 16.3 Å². The first kappa shape index (κ1) is 14.1. The molecule has 2 atom stereocenters. The maximum atomic E-state index is 12.1. The molecule has 2 unspecified atom stereocenters. The van der Waals surface area contributed by atoms with Crippen molar-refractivity contribution in [3.63, 3.8) is 0 Å². The second-order valence-electron chi connectivity index (χ2n) is 4.66. The number of hydrogen-bond donors (Lipinski definition) is 1. The summed E-state index contributed by atoms with van der Waals surface area (Å²) in [5, 5.41) is 8.90. The van der Waals surface area contributed by atoms with Crippen LogP contribution in [0.25, 0.3) is 6.08 Å². The molecule has 1 fully saturated rings. The molecule has 1 N–H and O–H groups in total. The van der Waals surface area contributed by atoms with Crippen LogP contribution in [0, 0.1) is 5.92 Å². The van der Waals surface area contributed by atoms with Gasteiger partial charge in [0, 0.05) is 11.5 Å². The quantitative estimate of drug-likeness (QED) is 0.684. The van der Waals surface area contributed by atoms with Gasteiger partial charge in [0.05, 0.1) is 19.1 Å². The van der Waals surface area contributed by atoms with Crippen molar-refractivity contribution in [1.29, 1.82) is 0 Å². The van der Waals surface area contributed by atoms with Crippen LogP contribution in [0.4, 0.5) is 0 Å². The monoisotopic (exact) mass is 280 g/mol. The first-order valence-electron chi connectivity index (χ1n) is 6.30. The Kier molecular flexibility index (Phi) is 4.61. The zero-order valence-electron chi connectivity index (χ0n) is 10.8. The first-order chi connectivity index (χ1) is 9.15. The number of methoxy groups -OCH3 is 1. The van der Waals surface area contributed by atoms with Gasteiger partial charge in [-0.3, -0.25) is 4.79 Å². The average molecular weight is 281 g/mol. The minimum absolute atomic E-state index is 0.0165. The summed E-state index contributed by atoms with van der Waals surface area (Å²) in [6.07, 6.45) is 3.20. The third-order valence-corrected chi connectivity index (χ3v) is 3.85. The van der Waals surface area contributed by atoms with Gasteiger partial charge in [0.15, 0.2) is 5.78 Å². The number of aliphatic hydroxyl groups is 1. The average Bonchev–Trinajstić information content (AvgIpc) is 2.45. The van der Waals surface area contributed by atoms with Crippen molar-refractivity contribution in [3.8, 4) is 5.75 Å². The molecule has 1 aliphatic carbocycles. The summed E-state index contributed by atoms with van der Waals surface area (Å²) in [7, 11) is 1.61. The minimum Gasteiger partial charge on any atom is -0.497 e. The van der Waals surface area contributed by atoms with Gasteiger partial charge in [-0.05, 0) is 36.6 Å². The van der Waals surface area contributed by atoms with Crippen LogP contribution in [-0.2, 0) is 4.79 Å². The van der Waals surface area contributed by atoms with Crippen LogP contribution in [0.15, 0.2) is 29.8 Å². The number of carbonyl (C=O) groups excluding carboxylic acids is 1. The highest BCUT2D eigenvalue weighted by atomic mass is 35.5. The normalized spacial score (nSPS) is 25.6. The Labute approximate surface area is 117 Å². The van der Waals surface area contributed by atoms with Crippen LogP contribution in [0.5, 0.6) is 5.75 Å². The van der Waals surface area contributed by atoms with Crippen molar-refractivity contribution in [3.05, 3.63) is 35.4 Å². The van der Waals surface area contributed by atoms with Crippen LogP contribution in [-0.4, -0.2) is 30.0 Å². The predicted octanol–water partition coefficient (Wildman–Crippen LogP) is 2.66. The lowest BCUT2D eigenvalue weighted by Gasteiger charge is -2.25. The van der Waals surface area contributed by atoms with Gasteiger partial charge in [-0.15, -0.1) is 11.6 Å². The third kappa shape index (κ3) is 3.17. The molecule has 0 spiro atoms. The van der Waals surface area contributed by atoms with E-state index in [1.807, 2.05) is 30.3 Å². The number of ether oxygens (including phenoxy) is 1. The smallest absolute Gasteiger partial charge is 0.177 e. The molecule has 0 amide bonds. The standard InChI is InChI=1S/C15H17ClO3/c1-19-12-5-2-10(3-6-12)8-13-11(9-17)4-7-14(16)15(13)18/h2-3,5-6,8,11,14,17H,4,7,9H2,1H3. The Morgan fingerprint density at radius 1 is 1.37 bits per heavy atom. The number of aliphatic hydroxyl groups excluding tert-OH is 1. The zero-order chi connectivity index (χ0) is 13.8. The summed E-state index contributed by atoms with van der Waals surface area (Å²) < 4.78 is 5.09. The van der Waals surface area contributed by atoms with Crippen LogP contribution in [0.1, 0.15) is 18.4 Å². The van der Waals surface area contributed by atoms with Gasteiger partial charge in [-0.1, -0.05) is 12.1 Å². The van der Waals surface area contributed by atoms with Crippen molar-refractivity contribution in [2.24, 2.45) is 5.92 Å². The van der Waals surface area contributed by atoms with E-state index in [0.29, 0.717) is 12.0 Å². The zero-order valence-corrected chi connectivity index (χ0v) is 11.6. The lowest BCUT2D eigenvalue weighted by molar-refractivity contribution is -0.117. The van der Waals surface area contributed by atoms with Crippen molar-refractivity contribution in [2.75, 3.05) is 13.7 Å². The van der Waals surface area contributed by atoms with E-state index >= 15 is 0 Å². The molecule has 1 aromatic carbocycles. The number of carbonyl (C=O) groups is 1. The number of benzene rings is 1. The first-order valence-corrected chi connectivity index (χ1v) is 6.74. The predicted molar refractivity (Wildman–Crippen MR) is 75.4 cm³/mol. The van der Waals surface area contributed by atoms with Gasteiger partial charge >= 0.3 is 0 Å². The lowest BCUT2D eigenvalue weighted by atomic mass is 9.82. The largest absolute Gasteiger partial charge is 0.497 e. The molecule has 0 bridgehead atoms. The molecule has 0 radical (unpaired) electrons. The number of rotatable bonds is 3. The molecule has 1 saturated carbocycles. The topological polar surface area (TPSA) is 46.5 Å². The molecule has 0 heterocycles. The van der Waals surface area contributed by atoms with Crippen molar-refractivity contribution in [2.45, 2.75) is 18.2 Å². The molecule has 2 rings (SSSR count). The fraction of sp³-hybridized carbons (Fsp3) is 0.400. The van der Waals surface area contributed by atoms with E-state index in [1.165, 1.54) is 0 Å². The number of halogens is 1. The Bertz CT molecular complexity index is 479. The van der Waals surface area contributed by atoms with Gasteiger partial charge < -0.3 is 9.84 Å². The van der Waals surface area contributed by atoms with E-state index in [-0.39, 0.29) is 18.3 Å². The molecule has 1 aromatic rings. The molecule has 4 heteroatoms. The fourth-order valence-electron chi connectivity index (χ4n) is 2.27. The molecule has 1 aliphatic rings. The van der Waals surface area contributed by atoms with E-state index in [2.05, 4.69) is 0 Å². The number of hydrogen-bond acceptors (Lipinski definition) is 3. The van der Waals surface area contributed by atoms with Gasteiger partial charge in [0.2, 0.25) is 0 Å². The highest BCUT2D eigenvalue weighted by Crippen LogP contribution is 2.31. The molecular weight excluding hydrogens is 264 g/mol. The Balaban J connectivity index is 2.29. The van der Waals surface area contributed by atoms with E-state index in [9.17, 15) is 9.90 Å². The number of ketones is 1. The maximum Gasteiger partial charge on any atom is 0.177 e. The molecule has 0 aromatic heterocycles. The van der Waals surface area contributed by atoms with E-state index < -0.39 is 5.38 Å². The summed E-state index contributed by atoms with van der Waals surface area (Å²) in [4.78, 5) is 12.1. The third-order valence-electron chi connectivity index (χ3n) is 3.44. The van der Waals surface area contributed by atoms with Gasteiger partial charge in [-0.25, -0.2) is 0 Å². The second kappa shape index (κ2) is 6.22. The SMILES string of the molecule is COc1ccc(C=C2C(=O)C(Cl)CCC2CO)cc1. The summed E-state index contributed by atoms with van der Waals surface area (Å²) in [6, 6.07) is 7.44.